The fraction of sp³-hybridized carbons (Fsp3) is 0.667. The molecule has 6 heteroatoms. The molecule has 4 nitrogen and oxygen atoms in total. The van der Waals surface area contributed by atoms with Gasteiger partial charge in [0, 0.05) is 11.4 Å². The van der Waals surface area contributed by atoms with Gasteiger partial charge in [0.05, 0.1) is 5.69 Å². The molecule has 0 saturated heterocycles. The molecule has 1 atom stereocenters. The third kappa shape index (κ3) is 3.53. The summed E-state index contributed by atoms with van der Waals surface area (Å²) in [5, 5.41) is 7.68. The van der Waals surface area contributed by atoms with Gasteiger partial charge in [-0.15, -0.1) is 5.10 Å². The van der Waals surface area contributed by atoms with Crippen molar-refractivity contribution in [1.29, 1.82) is 0 Å². The molecule has 0 aliphatic rings. The third-order valence-electron chi connectivity index (χ3n) is 2.14. The van der Waals surface area contributed by atoms with Crippen molar-refractivity contribution < 1.29 is 4.79 Å². The Balaban J connectivity index is 2.58. The van der Waals surface area contributed by atoms with E-state index in [0.717, 1.165) is 29.7 Å². The molecule has 15 heavy (non-hydrogen) atoms. The number of hydrogen-bond donors (Lipinski definition) is 1. The van der Waals surface area contributed by atoms with E-state index in [-0.39, 0.29) is 11.9 Å². The monoisotopic (exact) mass is 291 g/mol. The zero-order valence-electron chi connectivity index (χ0n) is 8.79. The Morgan fingerprint density at radius 2 is 2.40 bits per heavy atom. The molecule has 0 aromatic carbocycles. The molecule has 1 aromatic heterocycles. The Bertz CT molecular complexity index is 329. The molecule has 0 aliphatic heterocycles. The number of rotatable bonds is 5. The van der Waals surface area contributed by atoms with E-state index in [9.17, 15) is 4.79 Å². The lowest BCUT2D eigenvalue weighted by Gasteiger charge is -2.14. The molecular formula is C9H14BrN3OS. The van der Waals surface area contributed by atoms with E-state index in [1.807, 2.05) is 0 Å². The molecule has 1 heterocycles. The first-order valence-electron chi connectivity index (χ1n) is 4.84. The van der Waals surface area contributed by atoms with Gasteiger partial charge in [-0.1, -0.05) is 27.3 Å². The lowest BCUT2D eigenvalue weighted by atomic mass is 10.1. The molecule has 0 saturated carbocycles. The number of carbonyl (C=O) groups is 1. The summed E-state index contributed by atoms with van der Waals surface area (Å²) in [6, 6.07) is 0.221. The number of aryl methyl sites for hydroxylation is 1. The van der Waals surface area contributed by atoms with Crippen LogP contribution in [0.2, 0.25) is 0 Å². The molecule has 0 aliphatic carbocycles. The second-order valence-electron chi connectivity index (χ2n) is 3.24. The van der Waals surface area contributed by atoms with Gasteiger partial charge in [-0.25, -0.2) is 0 Å². The Kier molecular flexibility index (Phi) is 5.17. The van der Waals surface area contributed by atoms with Crippen LogP contribution >= 0.6 is 27.5 Å². The number of alkyl halides is 1. The molecule has 1 aromatic rings. The highest BCUT2D eigenvalue weighted by atomic mass is 79.9. The molecule has 1 rings (SSSR count). The van der Waals surface area contributed by atoms with Gasteiger partial charge in [0.25, 0.3) is 5.91 Å². The van der Waals surface area contributed by atoms with Crippen molar-refractivity contribution >= 4 is 33.4 Å². The first-order valence-corrected chi connectivity index (χ1v) is 6.74. The number of amides is 1. The van der Waals surface area contributed by atoms with E-state index in [1.54, 1.807) is 6.92 Å². The summed E-state index contributed by atoms with van der Waals surface area (Å²) in [7, 11) is 0. The number of nitrogens with one attached hydrogen (secondary N) is 1. The highest BCUT2D eigenvalue weighted by Gasteiger charge is 2.16. The maximum atomic E-state index is 11.8. The van der Waals surface area contributed by atoms with Crippen molar-refractivity contribution in [2.24, 2.45) is 0 Å². The minimum absolute atomic E-state index is 0.0599. The maximum Gasteiger partial charge on any atom is 0.265 e. The van der Waals surface area contributed by atoms with Crippen LogP contribution in [0.5, 0.6) is 0 Å². The average molecular weight is 292 g/mol. The molecule has 1 amide bonds. The van der Waals surface area contributed by atoms with Crippen molar-refractivity contribution in [2.45, 2.75) is 32.7 Å². The van der Waals surface area contributed by atoms with Crippen molar-refractivity contribution in [3.8, 4) is 0 Å². The minimum atomic E-state index is -0.0599. The largest absolute Gasteiger partial charge is 0.348 e. The van der Waals surface area contributed by atoms with E-state index >= 15 is 0 Å². The van der Waals surface area contributed by atoms with E-state index in [4.69, 9.17) is 0 Å². The van der Waals surface area contributed by atoms with Gasteiger partial charge in [0.15, 0.2) is 0 Å². The molecule has 0 spiro atoms. The third-order valence-corrected chi connectivity index (χ3v) is 3.43. The Hall–Kier alpha value is -0.490. The normalized spacial score (nSPS) is 12.5. The molecule has 1 unspecified atom stereocenters. The van der Waals surface area contributed by atoms with Gasteiger partial charge < -0.3 is 5.32 Å². The summed E-state index contributed by atoms with van der Waals surface area (Å²) in [6.07, 6.45) is 1.87. The molecular weight excluding hydrogens is 278 g/mol. The van der Waals surface area contributed by atoms with Crippen LogP contribution in [0.4, 0.5) is 0 Å². The smallest absolute Gasteiger partial charge is 0.265 e. The summed E-state index contributed by atoms with van der Waals surface area (Å²) < 4.78 is 3.74. The second-order valence-corrected chi connectivity index (χ2v) is 4.79. The van der Waals surface area contributed by atoms with Crippen LogP contribution in [-0.4, -0.2) is 26.9 Å². The van der Waals surface area contributed by atoms with E-state index in [2.05, 4.69) is 37.8 Å². The lowest BCUT2D eigenvalue weighted by molar-refractivity contribution is 0.0938. The first-order chi connectivity index (χ1) is 7.19. The summed E-state index contributed by atoms with van der Waals surface area (Å²) in [5.41, 5.74) is 0.700. The standard InChI is InChI=1S/C9H14BrN3OS/c1-3-7(4-5-10)11-9(14)8-6(2)12-13-15-8/h7H,3-5H2,1-2H3,(H,11,14). The number of nitrogens with zero attached hydrogens (tertiary/aromatic N) is 2. The van der Waals surface area contributed by atoms with Crippen LogP contribution in [0.25, 0.3) is 0 Å². The predicted octanol–water partition coefficient (Wildman–Crippen LogP) is 2.14. The van der Waals surface area contributed by atoms with Crippen LogP contribution in [0, 0.1) is 6.92 Å². The molecule has 0 radical (unpaired) electrons. The Morgan fingerprint density at radius 1 is 1.67 bits per heavy atom. The summed E-state index contributed by atoms with van der Waals surface area (Å²) >= 11 is 4.51. The van der Waals surface area contributed by atoms with Crippen LogP contribution in [0.3, 0.4) is 0 Å². The van der Waals surface area contributed by atoms with Crippen molar-refractivity contribution in [2.75, 3.05) is 5.33 Å². The molecule has 84 valence electrons. The van der Waals surface area contributed by atoms with Gasteiger partial charge in [-0.3, -0.25) is 4.79 Å². The fourth-order valence-corrected chi connectivity index (χ4v) is 2.31. The molecule has 1 N–H and O–H groups in total. The van der Waals surface area contributed by atoms with Gasteiger partial charge in [0.1, 0.15) is 4.88 Å². The van der Waals surface area contributed by atoms with Crippen LogP contribution in [0.1, 0.15) is 35.1 Å². The average Bonchev–Trinajstić information content (AvgIpc) is 2.63. The SMILES string of the molecule is CCC(CCBr)NC(=O)c1snnc1C. The fourth-order valence-electron chi connectivity index (χ4n) is 1.20. The zero-order valence-corrected chi connectivity index (χ0v) is 11.2. The maximum absolute atomic E-state index is 11.8. The molecule has 0 fully saturated rings. The first kappa shape index (κ1) is 12.6. The van der Waals surface area contributed by atoms with Gasteiger partial charge in [-0.05, 0) is 31.3 Å². The highest BCUT2D eigenvalue weighted by Crippen LogP contribution is 2.10. The predicted molar refractivity (Wildman–Crippen MR) is 64.6 cm³/mol. The highest BCUT2D eigenvalue weighted by molar-refractivity contribution is 9.09. The van der Waals surface area contributed by atoms with E-state index in [1.165, 1.54) is 0 Å². The summed E-state index contributed by atoms with van der Waals surface area (Å²) in [4.78, 5) is 12.4. The van der Waals surface area contributed by atoms with Gasteiger partial charge >= 0.3 is 0 Å². The van der Waals surface area contributed by atoms with Crippen LogP contribution in [-0.2, 0) is 0 Å². The van der Waals surface area contributed by atoms with Gasteiger partial charge in [-0.2, -0.15) is 0 Å². The Labute approximate surface area is 102 Å². The Morgan fingerprint density at radius 3 is 2.87 bits per heavy atom. The van der Waals surface area contributed by atoms with E-state index in [0.29, 0.717) is 10.6 Å². The van der Waals surface area contributed by atoms with Crippen LogP contribution in [0.15, 0.2) is 0 Å². The van der Waals surface area contributed by atoms with Crippen molar-refractivity contribution in [3.63, 3.8) is 0 Å². The lowest BCUT2D eigenvalue weighted by Crippen LogP contribution is -2.34. The molecule has 0 bridgehead atoms. The quantitative estimate of drug-likeness (QED) is 0.846. The van der Waals surface area contributed by atoms with Crippen LogP contribution < -0.4 is 5.32 Å². The number of hydrogen-bond acceptors (Lipinski definition) is 4. The van der Waals surface area contributed by atoms with Gasteiger partial charge in [0.2, 0.25) is 0 Å². The zero-order chi connectivity index (χ0) is 11.3. The number of aromatic nitrogens is 2. The van der Waals surface area contributed by atoms with Crippen molar-refractivity contribution in [1.82, 2.24) is 14.9 Å². The van der Waals surface area contributed by atoms with Crippen molar-refractivity contribution in [3.05, 3.63) is 10.6 Å². The topological polar surface area (TPSA) is 54.9 Å². The second kappa shape index (κ2) is 6.17. The number of halogens is 1. The summed E-state index contributed by atoms with van der Waals surface area (Å²) in [5.74, 6) is -0.0599. The number of carbonyl (C=O) groups excluding carboxylic acids is 1. The summed E-state index contributed by atoms with van der Waals surface area (Å²) in [6.45, 7) is 3.86. The minimum Gasteiger partial charge on any atom is -0.348 e. The van der Waals surface area contributed by atoms with E-state index < -0.39 is 0 Å².